The normalized spacial score (nSPS) is 9.87. The van der Waals surface area contributed by atoms with Crippen molar-refractivity contribution in [1.29, 1.82) is 0 Å². The van der Waals surface area contributed by atoms with Crippen LogP contribution in [0.3, 0.4) is 0 Å². The summed E-state index contributed by atoms with van der Waals surface area (Å²) < 4.78 is 30.4. The number of aryl methyl sites for hydroxylation is 1. The summed E-state index contributed by atoms with van der Waals surface area (Å²) in [6.07, 6.45) is 0. The second-order valence-electron chi connectivity index (χ2n) is 2.88. The SMILES string of the molecule is COC(=O)C(=O)c1ccc(C)c(F)c1F. The summed E-state index contributed by atoms with van der Waals surface area (Å²) >= 11 is 0. The Labute approximate surface area is 84.7 Å². The predicted octanol–water partition coefficient (Wildman–Crippen LogP) is 1.63. The molecular formula is C10H8F2O3. The lowest BCUT2D eigenvalue weighted by Crippen LogP contribution is -2.18. The Kier molecular flexibility index (Phi) is 3.14. The first-order valence-corrected chi connectivity index (χ1v) is 4.06. The van der Waals surface area contributed by atoms with Crippen molar-refractivity contribution in [2.45, 2.75) is 6.92 Å². The van der Waals surface area contributed by atoms with Crippen molar-refractivity contribution in [2.24, 2.45) is 0 Å². The molecule has 5 heteroatoms. The molecule has 0 aliphatic heterocycles. The zero-order valence-corrected chi connectivity index (χ0v) is 8.14. The van der Waals surface area contributed by atoms with Crippen molar-refractivity contribution in [2.75, 3.05) is 7.11 Å². The van der Waals surface area contributed by atoms with Crippen LogP contribution in [-0.2, 0) is 9.53 Å². The smallest absolute Gasteiger partial charge is 0.379 e. The highest BCUT2D eigenvalue weighted by Crippen LogP contribution is 2.16. The van der Waals surface area contributed by atoms with E-state index in [1.54, 1.807) is 0 Å². The molecule has 0 aromatic heterocycles. The number of rotatable bonds is 2. The van der Waals surface area contributed by atoms with E-state index in [0.717, 1.165) is 13.2 Å². The maximum atomic E-state index is 13.2. The van der Waals surface area contributed by atoms with Crippen molar-refractivity contribution < 1.29 is 23.1 Å². The lowest BCUT2D eigenvalue weighted by molar-refractivity contribution is -0.135. The van der Waals surface area contributed by atoms with Gasteiger partial charge in [-0.15, -0.1) is 0 Å². The van der Waals surface area contributed by atoms with Gasteiger partial charge in [-0.3, -0.25) is 4.79 Å². The lowest BCUT2D eigenvalue weighted by Gasteiger charge is -2.03. The number of carbonyl (C=O) groups is 2. The Balaban J connectivity index is 3.22. The van der Waals surface area contributed by atoms with E-state index in [1.807, 2.05) is 0 Å². The molecule has 15 heavy (non-hydrogen) atoms. The highest BCUT2D eigenvalue weighted by atomic mass is 19.2. The summed E-state index contributed by atoms with van der Waals surface area (Å²) in [7, 11) is 0.989. The second-order valence-corrected chi connectivity index (χ2v) is 2.88. The fourth-order valence-electron chi connectivity index (χ4n) is 1.02. The third-order valence-corrected chi connectivity index (χ3v) is 1.89. The number of ketones is 1. The molecular weight excluding hydrogens is 206 g/mol. The summed E-state index contributed by atoms with van der Waals surface area (Å²) in [5, 5.41) is 0. The second kappa shape index (κ2) is 4.16. The van der Waals surface area contributed by atoms with E-state index in [4.69, 9.17) is 0 Å². The van der Waals surface area contributed by atoms with Crippen LogP contribution in [-0.4, -0.2) is 18.9 Å². The molecule has 0 spiro atoms. The quantitative estimate of drug-likeness (QED) is 0.427. The minimum Gasteiger partial charge on any atom is -0.463 e. The number of carbonyl (C=O) groups excluding carboxylic acids is 2. The van der Waals surface area contributed by atoms with Gasteiger partial charge < -0.3 is 4.74 Å². The van der Waals surface area contributed by atoms with Gasteiger partial charge in [0, 0.05) is 0 Å². The summed E-state index contributed by atoms with van der Waals surface area (Å²) in [5.74, 6) is -4.89. The third kappa shape index (κ3) is 2.01. The summed E-state index contributed by atoms with van der Waals surface area (Å²) in [4.78, 5) is 22.0. The van der Waals surface area contributed by atoms with Crippen molar-refractivity contribution in [1.82, 2.24) is 0 Å². The van der Waals surface area contributed by atoms with Crippen molar-refractivity contribution in [3.8, 4) is 0 Å². The summed E-state index contributed by atoms with van der Waals surface area (Å²) in [6.45, 7) is 1.35. The molecule has 0 fully saturated rings. The number of hydrogen-bond donors (Lipinski definition) is 0. The Morgan fingerprint density at radius 1 is 1.20 bits per heavy atom. The Hall–Kier alpha value is -1.78. The minimum absolute atomic E-state index is 0.0638. The number of hydrogen-bond acceptors (Lipinski definition) is 3. The van der Waals surface area contributed by atoms with Gasteiger partial charge in [0.15, 0.2) is 11.6 Å². The van der Waals surface area contributed by atoms with Gasteiger partial charge in [0.25, 0.3) is 5.78 Å². The van der Waals surface area contributed by atoms with Gasteiger partial charge in [-0.2, -0.15) is 0 Å². The molecule has 0 unspecified atom stereocenters. The molecule has 1 rings (SSSR count). The van der Waals surface area contributed by atoms with Crippen LogP contribution < -0.4 is 0 Å². The number of methoxy groups -OCH3 is 1. The molecule has 0 atom stereocenters. The Morgan fingerprint density at radius 2 is 1.80 bits per heavy atom. The van der Waals surface area contributed by atoms with Gasteiger partial charge in [-0.05, 0) is 18.6 Å². The van der Waals surface area contributed by atoms with Crippen LogP contribution in [0.4, 0.5) is 8.78 Å². The predicted molar refractivity (Wildman–Crippen MR) is 47.4 cm³/mol. The average Bonchev–Trinajstić information content (AvgIpc) is 2.24. The molecule has 0 saturated carbocycles. The number of esters is 1. The van der Waals surface area contributed by atoms with Crippen molar-refractivity contribution in [3.63, 3.8) is 0 Å². The molecule has 80 valence electrons. The van der Waals surface area contributed by atoms with E-state index in [9.17, 15) is 18.4 Å². The van der Waals surface area contributed by atoms with Crippen LogP contribution in [0.5, 0.6) is 0 Å². The average molecular weight is 214 g/mol. The Morgan fingerprint density at radius 3 is 2.33 bits per heavy atom. The number of Topliss-reactive ketones (excluding diaryl/α,β-unsaturated/α-hetero) is 1. The molecule has 1 aromatic rings. The van der Waals surface area contributed by atoms with Crippen LogP contribution in [0, 0.1) is 18.6 Å². The summed E-state index contributed by atoms with van der Waals surface area (Å²) in [6, 6.07) is 2.27. The fourth-order valence-corrected chi connectivity index (χ4v) is 1.02. The van der Waals surface area contributed by atoms with E-state index in [2.05, 4.69) is 4.74 Å². The molecule has 0 N–H and O–H groups in total. The van der Waals surface area contributed by atoms with E-state index in [0.29, 0.717) is 0 Å². The molecule has 0 aliphatic rings. The highest BCUT2D eigenvalue weighted by molar-refractivity contribution is 6.40. The first kappa shape index (κ1) is 11.3. The maximum Gasteiger partial charge on any atom is 0.379 e. The van der Waals surface area contributed by atoms with E-state index in [1.165, 1.54) is 13.0 Å². The van der Waals surface area contributed by atoms with Gasteiger partial charge >= 0.3 is 5.97 Å². The molecule has 0 heterocycles. The van der Waals surface area contributed by atoms with E-state index < -0.39 is 29.0 Å². The molecule has 3 nitrogen and oxygen atoms in total. The minimum atomic E-state index is -1.33. The zero-order valence-electron chi connectivity index (χ0n) is 8.14. The number of benzene rings is 1. The number of ether oxygens (including phenoxy) is 1. The molecule has 0 bridgehead atoms. The van der Waals surface area contributed by atoms with Crippen LogP contribution >= 0.6 is 0 Å². The van der Waals surface area contributed by atoms with Crippen LogP contribution in [0.25, 0.3) is 0 Å². The van der Waals surface area contributed by atoms with Crippen LogP contribution in [0.2, 0.25) is 0 Å². The van der Waals surface area contributed by atoms with Gasteiger partial charge in [0.1, 0.15) is 0 Å². The first-order valence-electron chi connectivity index (χ1n) is 4.06. The lowest BCUT2D eigenvalue weighted by atomic mass is 10.1. The zero-order chi connectivity index (χ0) is 11.6. The molecule has 1 aromatic carbocycles. The number of halogens is 2. The van der Waals surface area contributed by atoms with Crippen molar-refractivity contribution in [3.05, 3.63) is 34.9 Å². The highest BCUT2D eigenvalue weighted by Gasteiger charge is 2.23. The fraction of sp³-hybridized carbons (Fsp3) is 0.200. The molecule has 0 saturated heterocycles. The first-order chi connectivity index (χ1) is 6.99. The van der Waals surface area contributed by atoms with Gasteiger partial charge in [-0.25, -0.2) is 13.6 Å². The molecule has 0 amide bonds. The maximum absolute atomic E-state index is 13.2. The topological polar surface area (TPSA) is 43.4 Å². The van der Waals surface area contributed by atoms with E-state index in [-0.39, 0.29) is 5.56 Å². The van der Waals surface area contributed by atoms with Gasteiger partial charge in [-0.1, -0.05) is 6.07 Å². The van der Waals surface area contributed by atoms with E-state index >= 15 is 0 Å². The Bertz CT molecular complexity index is 427. The van der Waals surface area contributed by atoms with Crippen LogP contribution in [0.15, 0.2) is 12.1 Å². The molecule has 0 radical (unpaired) electrons. The third-order valence-electron chi connectivity index (χ3n) is 1.89. The van der Waals surface area contributed by atoms with Gasteiger partial charge in [0.05, 0.1) is 12.7 Å². The van der Waals surface area contributed by atoms with Crippen molar-refractivity contribution >= 4 is 11.8 Å². The standard InChI is InChI=1S/C10H8F2O3/c1-5-3-4-6(8(12)7(5)11)9(13)10(14)15-2/h3-4H,1-2H3. The molecule has 0 aliphatic carbocycles. The van der Waals surface area contributed by atoms with Crippen LogP contribution in [0.1, 0.15) is 15.9 Å². The summed E-state index contributed by atoms with van der Waals surface area (Å²) in [5.41, 5.74) is -0.557. The monoisotopic (exact) mass is 214 g/mol. The largest absolute Gasteiger partial charge is 0.463 e. The van der Waals surface area contributed by atoms with Gasteiger partial charge in [0.2, 0.25) is 0 Å².